The van der Waals surface area contributed by atoms with E-state index < -0.39 is 5.91 Å². The number of thiazole rings is 1. The number of phenols is 1. The van der Waals surface area contributed by atoms with Crippen LogP contribution in [-0.4, -0.2) is 35.6 Å². The molecule has 7 nitrogen and oxygen atoms in total. The molecule has 0 aliphatic carbocycles. The highest BCUT2D eigenvalue weighted by Crippen LogP contribution is 2.26. The summed E-state index contributed by atoms with van der Waals surface area (Å²) in [5.74, 6) is -0.146. The Bertz CT molecular complexity index is 1140. The second-order valence-corrected chi connectivity index (χ2v) is 6.80. The number of rotatable bonds is 7. The Balaban J connectivity index is 2.11. The number of nitrogens with zero attached hydrogens (tertiary/aromatic N) is 3. The molecule has 1 amide bonds. The van der Waals surface area contributed by atoms with E-state index in [9.17, 15) is 9.90 Å². The summed E-state index contributed by atoms with van der Waals surface area (Å²) in [5, 5.41) is 16.3. The Kier molecular flexibility index (Phi) is 6.25. The summed E-state index contributed by atoms with van der Waals surface area (Å²) in [7, 11) is 1.61. The monoisotopic (exact) mass is 408 g/mol. The van der Waals surface area contributed by atoms with E-state index in [0.717, 1.165) is 11.3 Å². The van der Waals surface area contributed by atoms with Crippen LogP contribution in [0.15, 0.2) is 70.6 Å². The number of ether oxygens (including phenoxy) is 1. The number of methoxy groups -OCH3 is 1. The number of carbonyl (C=O) groups is 1. The van der Waals surface area contributed by atoms with Crippen molar-refractivity contribution < 1.29 is 14.6 Å². The van der Waals surface area contributed by atoms with Crippen molar-refractivity contribution in [1.29, 1.82) is 0 Å². The second-order valence-electron chi connectivity index (χ2n) is 5.96. The van der Waals surface area contributed by atoms with E-state index in [1.54, 1.807) is 30.1 Å². The molecule has 0 fully saturated rings. The summed E-state index contributed by atoms with van der Waals surface area (Å²) < 4.78 is 6.92. The van der Waals surface area contributed by atoms with Gasteiger partial charge < -0.3 is 15.6 Å². The Morgan fingerprint density at radius 1 is 1.34 bits per heavy atom. The molecule has 0 radical (unpaired) electrons. The van der Waals surface area contributed by atoms with Crippen molar-refractivity contribution in [2.24, 2.45) is 15.8 Å². The van der Waals surface area contributed by atoms with Gasteiger partial charge in [0.2, 0.25) is 4.80 Å². The molecule has 3 N–H and O–H groups in total. The number of amides is 1. The van der Waals surface area contributed by atoms with Gasteiger partial charge in [0.15, 0.2) is 0 Å². The van der Waals surface area contributed by atoms with E-state index in [1.165, 1.54) is 23.5 Å². The minimum atomic E-state index is -0.706. The van der Waals surface area contributed by atoms with Crippen LogP contribution < -0.4 is 15.3 Å². The molecule has 0 spiro atoms. The lowest BCUT2D eigenvalue weighted by molar-refractivity contribution is 0.0998. The smallest absolute Gasteiger partial charge is 0.252 e. The van der Waals surface area contributed by atoms with Crippen molar-refractivity contribution in [1.82, 2.24) is 4.68 Å². The molecule has 0 aliphatic heterocycles. The molecule has 8 heteroatoms. The van der Waals surface area contributed by atoms with Crippen LogP contribution in [0.4, 0.5) is 0 Å². The third-order valence-electron chi connectivity index (χ3n) is 4.01. The van der Waals surface area contributed by atoms with E-state index in [4.69, 9.17) is 10.5 Å². The maximum atomic E-state index is 11.6. The third kappa shape index (κ3) is 4.61. The normalized spacial score (nSPS) is 11.7. The summed E-state index contributed by atoms with van der Waals surface area (Å²) in [5.41, 5.74) is 7.64. The largest absolute Gasteiger partial charge is 0.507 e. The standard InChI is InChI=1S/C21H20N4O3S/c1-3-9-23-21-25(24-12-14-5-4-6-16(10-14)28-2)18(13-29-21)15-7-8-19(26)17(11-15)20(22)27/h3-8,10-13,26H,1,9H2,2H3,(H2,22,27)/b23-21?,24-12-. The Morgan fingerprint density at radius 2 is 2.17 bits per heavy atom. The van der Waals surface area contributed by atoms with Crippen LogP contribution in [0.3, 0.4) is 0 Å². The van der Waals surface area contributed by atoms with E-state index in [2.05, 4.69) is 16.7 Å². The van der Waals surface area contributed by atoms with Gasteiger partial charge in [0, 0.05) is 10.9 Å². The number of hydrogen-bond donors (Lipinski definition) is 2. The van der Waals surface area contributed by atoms with Crippen molar-refractivity contribution in [2.45, 2.75) is 0 Å². The molecule has 2 aromatic carbocycles. The molecule has 0 aliphatic rings. The molecule has 1 heterocycles. The fraction of sp³-hybridized carbons (Fsp3) is 0.0952. The number of carbonyl (C=O) groups excluding carboxylic acids is 1. The zero-order chi connectivity index (χ0) is 20.8. The van der Waals surface area contributed by atoms with Crippen LogP contribution >= 0.6 is 11.3 Å². The van der Waals surface area contributed by atoms with Gasteiger partial charge in [0.25, 0.3) is 5.91 Å². The Hall–Kier alpha value is -3.65. The van der Waals surface area contributed by atoms with Crippen molar-refractivity contribution in [2.75, 3.05) is 13.7 Å². The van der Waals surface area contributed by atoms with E-state index >= 15 is 0 Å². The number of primary amides is 1. The van der Waals surface area contributed by atoms with E-state index in [0.29, 0.717) is 22.6 Å². The van der Waals surface area contributed by atoms with Crippen LogP contribution in [0.5, 0.6) is 11.5 Å². The topological polar surface area (TPSA) is 102 Å². The SMILES string of the molecule is C=CCN=c1scc(-c2ccc(O)c(C(N)=O)c2)n1/N=C\c1cccc(OC)c1. The quantitative estimate of drug-likeness (QED) is 0.464. The van der Waals surface area contributed by atoms with Gasteiger partial charge >= 0.3 is 0 Å². The van der Waals surface area contributed by atoms with Gasteiger partial charge in [-0.15, -0.1) is 17.9 Å². The van der Waals surface area contributed by atoms with Crippen LogP contribution in [-0.2, 0) is 0 Å². The van der Waals surface area contributed by atoms with Crippen LogP contribution in [0.1, 0.15) is 15.9 Å². The zero-order valence-electron chi connectivity index (χ0n) is 15.8. The third-order valence-corrected chi connectivity index (χ3v) is 4.87. The van der Waals surface area contributed by atoms with Gasteiger partial charge in [0.1, 0.15) is 11.5 Å². The van der Waals surface area contributed by atoms with Gasteiger partial charge in [-0.25, -0.2) is 4.68 Å². The lowest BCUT2D eigenvalue weighted by atomic mass is 10.1. The van der Waals surface area contributed by atoms with Crippen LogP contribution in [0.25, 0.3) is 11.3 Å². The number of benzene rings is 2. The van der Waals surface area contributed by atoms with Crippen molar-refractivity contribution in [3.8, 4) is 22.8 Å². The minimum absolute atomic E-state index is 0.0432. The first-order valence-electron chi connectivity index (χ1n) is 8.67. The average molecular weight is 408 g/mol. The minimum Gasteiger partial charge on any atom is -0.507 e. The highest BCUT2D eigenvalue weighted by molar-refractivity contribution is 7.07. The first-order valence-corrected chi connectivity index (χ1v) is 9.55. The predicted octanol–water partition coefficient (Wildman–Crippen LogP) is 3.00. The number of hydrogen-bond acceptors (Lipinski definition) is 6. The maximum Gasteiger partial charge on any atom is 0.252 e. The van der Waals surface area contributed by atoms with Gasteiger partial charge in [-0.1, -0.05) is 18.2 Å². The summed E-state index contributed by atoms with van der Waals surface area (Å²) >= 11 is 1.40. The highest BCUT2D eigenvalue weighted by Gasteiger charge is 2.13. The first kappa shape index (κ1) is 20.1. The van der Waals surface area contributed by atoms with Gasteiger partial charge in [-0.3, -0.25) is 9.79 Å². The number of aromatic hydroxyl groups is 1. The van der Waals surface area contributed by atoms with Crippen molar-refractivity contribution in [3.05, 3.63) is 76.4 Å². The zero-order valence-corrected chi connectivity index (χ0v) is 16.6. The molecule has 0 saturated carbocycles. The summed E-state index contributed by atoms with van der Waals surface area (Å²) in [6.07, 6.45) is 3.39. The first-order chi connectivity index (χ1) is 14.0. The van der Waals surface area contributed by atoms with E-state index in [-0.39, 0.29) is 11.3 Å². The fourth-order valence-electron chi connectivity index (χ4n) is 2.60. The predicted molar refractivity (Wildman–Crippen MR) is 115 cm³/mol. The Labute approximate surface area is 171 Å². The van der Waals surface area contributed by atoms with Crippen LogP contribution in [0.2, 0.25) is 0 Å². The molecule has 1 aromatic heterocycles. The van der Waals surface area contributed by atoms with Crippen molar-refractivity contribution >= 4 is 23.5 Å². The molecule has 29 heavy (non-hydrogen) atoms. The molecule has 148 valence electrons. The maximum absolute atomic E-state index is 11.6. The molecule has 0 bridgehead atoms. The summed E-state index contributed by atoms with van der Waals surface area (Å²) in [4.78, 5) is 16.7. The van der Waals surface area contributed by atoms with E-state index in [1.807, 2.05) is 29.6 Å². The fourth-order valence-corrected chi connectivity index (χ4v) is 3.45. The molecule has 0 atom stereocenters. The summed E-state index contributed by atoms with van der Waals surface area (Å²) in [6.45, 7) is 4.14. The van der Waals surface area contributed by atoms with Crippen LogP contribution in [0, 0.1) is 0 Å². The highest BCUT2D eigenvalue weighted by atomic mass is 32.1. The Morgan fingerprint density at radius 3 is 2.90 bits per heavy atom. The average Bonchev–Trinajstić information content (AvgIpc) is 3.13. The number of nitrogens with two attached hydrogens (primary N) is 1. The molecule has 0 saturated heterocycles. The number of aromatic nitrogens is 1. The van der Waals surface area contributed by atoms with Gasteiger partial charge in [-0.05, 0) is 35.9 Å². The molecular formula is C21H20N4O3S. The molecule has 3 aromatic rings. The molecular weight excluding hydrogens is 388 g/mol. The lowest BCUT2D eigenvalue weighted by Gasteiger charge is -2.07. The molecule has 0 unspecified atom stereocenters. The van der Waals surface area contributed by atoms with Gasteiger partial charge in [-0.2, -0.15) is 5.10 Å². The van der Waals surface area contributed by atoms with Crippen molar-refractivity contribution in [3.63, 3.8) is 0 Å². The lowest BCUT2D eigenvalue weighted by Crippen LogP contribution is -2.13. The second kappa shape index (κ2) is 9.03. The van der Waals surface area contributed by atoms with Gasteiger partial charge in [0.05, 0.1) is 31.1 Å². The summed E-state index contributed by atoms with van der Waals surface area (Å²) in [6, 6.07) is 12.2. The molecule has 3 rings (SSSR count).